The zero-order valence-corrected chi connectivity index (χ0v) is 22.7. The van der Waals surface area contributed by atoms with Crippen molar-refractivity contribution < 1.29 is 28.3 Å². The van der Waals surface area contributed by atoms with E-state index < -0.39 is 0 Å². The third kappa shape index (κ3) is 7.77. The van der Waals surface area contributed by atoms with E-state index in [0.29, 0.717) is 24.6 Å². The van der Waals surface area contributed by atoms with Gasteiger partial charge in [-0.15, -0.1) is 0 Å². The van der Waals surface area contributed by atoms with E-state index in [9.17, 15) is 14.4 Å². The van der Waals surface area contributed by atoms with Crippen molar-refractivity contribution in [1.29, 1.82) is 0 Å². The molecule has 39 heavy (non-hydrogen) atoms. The second kappa shape index (κ2) is 13.2. The van der Waals surface area contributed by atoms with Crippen molar-refractivity contribution in [3.8, 4) is 0 Å². The van der Waals surface area contributed by atoms with Gasteiger partial charge in [0.15, 0.2) is 6.10 Å². The number of nitrogens with one attached hydrogen (secondary N) is 1. The first kappa shape index (κ1) is 28.0. The molecular weight excluding hydrogens is 492 g/mol. The normalized spacial score (nSPS) is 21.2. The van der Waals surface area contributed by atoms with Crippen LogP contribution in [0.25, 0.3) is 0 Å². The van der Waals surface area contributed by atoms with Gasteiger partial charge in [0.2, 0.25) is 5.78 Å². The van der Waals surface area contributed by atoms with Crippen LogP contribution in [0.4, 0.5) is 11.4 Å². The lowest BCUT2D eigenvalue weighted by Crippen LogP contribution is -2.65. The molecule has 3 fully saturated rings. The first-order chi connectivity index (χ1) is 18.9. The lowest BCUT2D eigenvalue weighted by molar-refractivity contribution is -0.938. The first-order valence-electron chi connectivity index (χ1n) is 13.6. The van der Waals surface area contributed by atoms with E-state index in [2.05, 4.69) is 5.32 Å². The predicted molar refractivity (Wildman–Crippen MR) is 151 cm³/mol. The van der Waals surface area contributed by atoms with E-state index in [4.69, 9.17) is 9.47 Å². The Bertz CT molecular complexity index is 1250. The van der Waals surface area contributed by atoms with Gasteiger partial charge in [0, 0.05) is 42.6 Å². The molecule has 1 atom stereocenters. The van der Waals surface area contributed by atoms with Gasteiger partial charge in [-0.05, 0) is 37.3 Å². The van der Waals surface area contributed by atoms with Gasteiger partial charge in [-0.1, -0.05) is 54.6 Å². The minimum absolute atomic E-state index is 0.00595. The van der Waals surface area contributed by atoms with Gasteiger partial charge in [0.25, 0.3) is 0 Å². The number of quaternary nitrogens is 1. The van der Waals surface area contributed by atoms with Crippen LogP contribution in [-0.2, 0) is 14.3 Å². The molecule has 0 amide bonds. The highest BCUT2D eigenvalue weighted by Crippen LogP contribution is 2.35. The Morgan fingerprint density at radius 2 is 1.46 bits per heavy atom. The number of piperidine rings is 3. The topological polar surface area (TPSA) is 81.7 Å². The van der Waals surface area contributed by atoms with E-state index >= 15 is 0 Å². The molecule has 6 rings (SSSR count). The predicted octanol–water partition coefficient (Wildman–Crippen LogP) is 5.65. The number of benzene rings is 3. The summed E-state index contributed by atoms with van der Waals surface area (Å²) in [5.74, 6) is 0.175. The number of para-hydroxylation sites is 1. The molecule has 3 heterocycles. The summed E-state index contributed by atoms with van der Waals surface area (Å²) < 4.78 is 11.2. The lowest BCUT2D eigenvalue weighted by Gasteiger charge is -2.51. The maximum atomic E-state index is 12.5. The molecule has 0 spiro atoms. The molecule has 0 aromatic heterocycles. The maximum Gasteiger partial charge on any atom is 0.338 e. The highest BCUT2D eigenvalue weighted by Gasteiger charge is 2.48. The minimum atomic E-state index is -0.297. The number of carbonyl (C=O) groups is 3. The van der Waals surface area contributed by atoms with Crippen molar-refractivity contribution in [2.24, 2.45) is 5.92 Å². The fourth-order valence-electron chi connectivity index (χ4n) is 5.44. The molecule has 7 heteroatoms. The number of rotatable bonds is 8. The van der Waals surface area contributed by atoms with Gasteiger partial charge >= 0.3 is 11.9 Å². The summed E-state index contributed by atoms with van der Waals surface area (Å²) in [6.45, 7) is 7.02. The molecule has 3 aliphatic rings. The average Bonchev–Trinajstić information content (AvgIpc) is 2.95. The van der Waals surface area contributed by atoms with Crippen LogP contribution in [0.2, 0.25) is 0 Å². The maximum absolute atomic E-state index is 12.5. The van der Waals surface area contributed by atoms with Crippen molar-refractivity contribution in [2.45, 2.75) is 32.8 Å². The lowest BCUT2D eigenvalue weighted by atomic mass is 9.83. The minimum Gasteiger partial charge on any atom is -0.462 e. The fraction of sp³-hybridized carbons (Fsp3) is 0.344. The van der Waals surface area contributed by atoms with Gasteiger partial charge < -0.3 is 19.3 Å². The number of anilines is 2. The molecule has 0 radical (unpaired) electrons. The van der Waals surface area contributed by atoms with Crippen LogP contribution in [-0.4, -0.2) is 61.1 Å². The molecule has 2 bridgehead atoms. The second-order valence-corrected chi connectivity index (χ2v) is 10.2. The average molecular weight is 530 g/mol. The van der Waals surface area contributed by atoms with Crippen LogP contribution in [0.3, 0.4) is 0 Å². The third-order valence-corrected chi connectivity index (χ3v) is 7.37. The van der Waals surface area contributed by atoms with E-state index in [-0.39, 0.29) is 23.8 Å². The fourth-order valence-corrected chi connectivity index (χ4v) is 5.44. The molecule has 1 unspecified atom stereocenters. The zero-order valence-electron chi connectivity index (χ0n) is 22.7. The summed E-state index contributed by atoms with van der Waals surface area (Å²) in [6, 6.07) is 26.6. The standard InChI is InChI=1S/C17H22NO3.C15H15NO2/c1-13(19)21-17-12-18(9-7-15(17)8-10-18)11-16(20)14-5-3-2-4-6-14;1-2-18-15(17)12-7-6-10-14(11-12)16-13-8-4-3-5-9-13/h2-6,15,17H,7-12H2,1H3;3-11,16H,2H2,1H3/q+1;. The van der Waals surface area contributed by atoms with Crippen molar-refractivity contribution in [3.05, 3.63) is 96.1 Å². The number of nitrogens with zero attached hydrogens (tertiary/aromatic N) is 1. The zero-order chi connectivity index (χ0) is 27.7. The molecule has 0 aliphatic carbocycles. The Morgan fingerprint density at radius 1 is 0.846 bits per heavy atom. The van der Waals surface area contributed by atoms with E-state index in [1.165, 1.54) is 6.92 Å². The smallest absolute Gasteiger partial charge is 0.338 e. The second-order valence-electron chi connectivity index (χ2n) is 10.2. The molecular formula is C32H37N2O5+. The third-order valence-electron chi connectivity index (χ3n) is 7.37. The number of ketones is 1. The van der Waals surface area contributed by atoms with E-state index in [1.807, 2.05) is 72.8 Å². The highest BCUT2D eigenvalue weighted by atomic mass is 16.5. The van der Waals surface area contributed by atoms with Crippen LogP contribution in [0.5, 0.6) is 0 Å². The van der Waals surface area contributed by atoms with Gasteiger partial charge in [-0.3, -0.25) is 9.59 Å². The van der Waals surface area contributed by atoms with E-state index in [0.717, 1.165) is 53.9 Å². The number of esters is 2. The van der Waals surface area contributed by atoms with Crippen LogP contribution in [0.15, 0.2) is 84.9 Å². The summed E-state index contributed by atoms with van der Waals surface area (Å²) >= 11 is 0. The Balaban J connectivity index is 0.000000183. The van der Waals surface area contributed by atoms with Crippen LogP contribution < -0.4 is 5.32 Å². The number of carbonyl (C=O) groups excluding carboxylic acids is 3. The van der Waals surface area contributed by atoms with Gasteiger partial charge in [-0.25, -0.2) is 4.79 Å². The van der Waals surface area contributed by atoms with Crippen molar-refractivity contribution in [1.82, 2.24) is 0 Å². The summed E-state index contributed by atoms with van der Waals surface area (Å²) in [5, 5.41) is 3.23. The van der Waals surface area contributed by atoms with Gasteiger partial charge in [-0.2, -0.15) is 0 Å². The molecule has 0 saturated carbocycles. The van der Waals surface area contributed by atoms with Crippen LogP contribution >= 0.6 is 0 Å². The molecule has 3 aromatic carbocycles. The summed E-state index contributed by atoms with van der Waals surface area (Å²) in [6.07, 6.45) is 2.11. The largest absolute Gasteiger partial charge is 0.462 e. The molecule has 3 aliphatic heterocycles. The quantitative estimate of drug-likeness (QED) is 0.231. The number of Topliss-reactive ketones (excluding diaryl/α,β-unsaturated/α-hetero) is 1. The number of fused-ring (bicyclic) bond motifs is 3. The monoisotopic (exact) mass is 529 g/mol. The number of hydrogen-bond donors (Lipinski definition) is 1. The Kier molecular flexibility index (Phi) is 9.49. The Labute approximate surface area is 230 Å². The molecule has 1 N–H and O–H groups in total. The SMILES string of the molecule is CC(=O)OC1C[N+]2(CC(=O)c3ccccc3)CCC1CC2.CCOC(=O)c1cccc(Nc2ccccc2)c1. The summed E-state index contributed by atoms with van der Waals surface area (Å²) in [5.41, 5.74) is 3.18. The summed E-state index contributed by atoms with van der Waals surface area (Å²) in [7, 11) is 0. The number of hydrogen-bond acceptors (Lipinski definition) is 6. The highest BCUT2D eigenvalue weighted by molar-refractivity contribution is 5.97. The van der Waals surface area contributed by atoms with Gasteiger partial charge in [0.1, 0.15) is 13.1 Å². The number of ether oxygens (including phenoxy) is 2. The molecule has 7 nitrogen and oxygen atoms in total. The molecule has 3 aromatic rings. The summed E-state index contributed by atoms with van der Waals surface area (Å²) in [4.78, 5) is 35.3. The van der Waals surface area contributed by atoms with Crippen molar-refractivity contribution >= 4 is 29.1 Å². The van der Waals surface area contributed by atoms with Crippen LogP contribution in [0, 0.1) is 5.92 Å². The van der Waals surface area contributed by atoms with Crippen molar-refractivity contribution in [3.63, 3.8) is 0 Å². The van der Waals surface area contributed by atoms with Crippen molar-refractivity contribution in [2.75, 3.05) is 38.1 Å². The molecule has 204 valence electrons. The van der Waals surface area contributed by atoms with Crippen LogP contribution in [0.1, 0.15) is 47.4 Å². The molecule has 3 saturated heterocycles. The Morgan fingerprint density at radius 3 is 2.10 bits per heavy atom. The van der Waals surface area contributed by atoms with E-state index in [1.54, 1.807) is 19.1 Å². The van der Waals surface area contributed by atoms with Gasteiger partial charge in [0.05, 0.1) is 25.3 Å². The Hall–Kier alpha value is -3.97. The first-order valence-corrected chi connectivity index (χ1v) is 13.6.